The molecule has 4 rings (SSSR count). The van der Waals surface area contributed by atoms with Crippen LogP contribution in [0.4, 0.5) is 5.69 Å². The molecule has 1 amide bonds. The first kappa shape index (κ1) is 19.0. The van der Waals surface area contributed by atoms with Gasteiger partial charge in [-0.15, -0.1) is 10.2 Å². The number of nitriles is 1. The molecule has 0 radical (unpaired) electrons. The maximum absolute atomic E-state index is 13.2. The molecule has 0 saturated heterocycles. The molecule has 6 nitrogen and oxygen atoms in total. The van der Waals surface area contributed by atoms with E-state index in [0.29, 0.717) is 24.9 Å². The highest BCUT2D eigenvalue weighted by atomic mass is 32.2. The quantitative estimate of drug-likeness (QED) is 0.626. The van der Waals surface area contributed by atoms with Gasteiger partial charge in [0.05, 0.1) is 17.7 Å². The maximum atomic E-state index is 13.2. The van der Waals surface area contributed by atoms with E-state index in [4.69, 9.17) is 5.26 Å². The summed E-state index contributed by atoms with van der Waals surface area (Å²) in [6.45, 7) is 4.33. The van der Waals surface area contributed by atoms with Gasteiger partial charge in [0.25, 0.3) is 0 Å². The average molecular weight is 396 g/mol. The van der Waals surface area contributed by atoms with E-state index < -0.39 is 0 Å². The summed E-state index contributed by atoms with van der Waals surface area (Å²) in [6, 6.07) is 10.5. The lowest BCUT2D eigenvalue weighted by atomic mass is 10.2. The Hall–Kier alpha value is -2.33. The molecule has 7 heteroatoms. The number of anilines is 1. The molecule has 1 unspecified atom stereocenters. The van der Waals surface area contributed by atoms with Crippen LogP contribution in [0.1, 0.15) is 62.4 Å². The number of carbonyl (C=O) groups excluding carboxylic acids is 1. The minimum Gasteiger partial charge on any atom is -0.310 e. The first-order chi connectivity index (χ1) is 13.6. The summed E-state index contributed by atoms with van der Waals surface area (Å²) in [5.41, 5.74) is 1.98. The summed E-state index contributed by atoms with van der Waals surface area (Å²) in [6.07, 6.45) is 5.04. The predicted octanol–water partition coefficient (Wildman–Crippen LogP) is 4.23. The highest BCUT2D eigenvalue weighted by molar-refractivity contribution is 8.00. The Morgan fingerprint density at radius 1 is 1.29 bits per heavy atom. The summed E-state index contributed by atoms with van der Waals surface area (Å²) in [5.74, 6) is 1.65. The largest absolute Gasteiger partial charge is 0.310 e. The van der Waals surface area contributed by atoms with E-state index in [2.05, 4.69) is 20.8 Å². The van der Waals surface area contributed by atoms with Crippen LogP contribution in [0.3, 0.4) is 0 Å². The highest BCUT2D eigenvalue weighted by Gasteiger charge is 2.37. The predicted molar refractivity (Wildman–Crippen MR) is 109 cm³/mol. The van der Waals surface area contributed by atoms with Gasteiger partial charge in [-0.2, -0.15) is 5.26 Å². The minimum absolute atomic E-state index is 0.00224. The minimum atomic E-state index is -0.297. The first-order valence-electron chi connectivity index (χ1n) is 9.95. The Kier molecular flexibility index (Phi) is 5.40. The molecule has 2 aliphatic rings. The van der Waals surface area contributed by atoms with Gasteiger partial charge >= 0.3 is 0 Å². The van der Waals surface area contributed by atoms with E-state index >= 15 is 0 Å². The third kappa shape index (κ3) is 4.07. The van der Waals surface area contributed by atoms with Gasteiger partial charge in [-0.3, -0.25) is 4.79 Å². The smallest absolute Gasteiger partial charge is 0.240 e. The summed E-state index contributed by atoms with van der Waals surface area (Å²) >= 11 is 1.49. The number of rotatable bonds is 8. The number of aromatic nitrogens is 3. The number of thioether (sulfide) groups is 1. The topological polar surface area (TPSA) is 74.8 Å². The number of amides is 1. The Balaban J connectivity index is 1.52. The second kappa shape index (κ2) is 7.96. The Morgan fingerprint density at radius 2 is 2.00 bits per heavy atom. The zero-order valence-corrected chi connectivity index (χ0v) is 17.2. The normalized spacial score (nSPS) is 17.2. The van der Waals surface area contributed by atoms with Crippen LogP contribution in [0.5, 0.6) is 0 Å². The molecule has 28 heavy (non-hydrogen) atoms. The fourth-order valence-electron chi connectivity index (χ4n) is 3.35. The summed E-state index contributed by atoms with van der Waals surface area (Å²) in [5, 5.41) is 18.4. The standard InChI is InChI=1S/C21H25N5OS/c1-14-4-8-17(9-5-14)25(13-3-12-22)20(27)15(2)28-21-24-23-19(16-6-7-16)26(21)18-10-11-18/h4-5,8-9,15-16,18H,3,6-7,10-11,13H2,1-2H3. The van der Waals surface area contributed by atoms with Gasteiger partial charge < -0.3 is 9.47 Å². The van der Waals surface area contributed by atoms with Crippen LogP contribution < -0.4 is 4.90 Å². The molecule has 0 aliphatic heterocycles. The monoisotopic (exact) mass is 395 g/mol. The molecule has 0 spiro atoms. The second-order valence-electron chi connectivity index (χ2n) is 7.71. The van der Waals surface area contributed by atoms with Gasteiger partial charge in [0.2, 0.25) is 5.91 Å². The van der Waals surface area contributed by atoms with Crippen molar-refractivity contribution in [1.29, 1.82) is 5.26 Å². The second-order valence-corrected chi connectivity index (χ2v) is 9.02. The van der Waals surface area contributed by atoms with Crippen molar-refractivity contribution in [2.24, 2.45) is 0 Å². The van der Waals surface area contributed by atoms with Crippen LogP contribution in [0, 0.1) is 18.3 Å². The molecule has 1 heterocycles. The Labute approximate surface area is 169 Å². The zero-order chi connectivity index (χ0) is 19.7. The number of hydrogen-bond acceptors (Lipinski definition) is 5. The van der Waals surface area contributed by atoms with Gasteiger partial charge in [-0.25, -0.2) is 0 Å². The van der Waals surface area contributed by atoms with Crippen molar-refractivity contribution >= 4 is 23.4 Å². The number of benzene rings is 1. The lowest BCUT2D eigenvalue weighted by molar-refractivity contribution is -0.117. The molecule has 2 aromatic rings. The number of nitrogens with zero attached hydrogens (tertiary/aromatic N) is 5. The number of hydrogen-bond donors (Lipinski definition) is 0. The average Bonchev–Trinajstić information content (AvgIpc) is 3.62. The van der Waals surface area contributed by atoms with Crippen molar-refractivity contribution in [3.05, 3.63) is 35.7 Å². The van der Waals surface area contributed by atoms with E-state index in [1.165, 1.54) is 37.4 Å². The highest BCUT2D eigenvalue weighted by Crippen LogP contribution is 2.46. The molecule has 0 bridgehead atoms. The summed E-state index contributed by atoms with van der Waals surface area (Å²) < 4.78 is 2.28. The molecular weight excluding hydrogens is 370 g/mol. The summed E-state index contributed by atoms with van der Waals surface area (Å²) in [4.78, 5) is 14.9. The molecule has 2 fully saturated rings. The third-order valence-corrected chi connectivity index (χ3v) is 6.28. The van der Waals surface area contributed by atoms with Crippen LogP contribution in [0.25, 0.3) is 0 Å². The molecule has 1 aromatic carbocycles. The van der Waals surface area contributed by atoms with Crippen molar-refractivity contribution in [2.45, 2.75) is 68.3 Å². The lowest BCUT2D eigenvalue weighted by Gasteiger charge is -2.25. The lowest BCUT2D eigenvalue weighted by Crippen LogP contribution is -2.37. The fraction of sp³-hybridized carbons (Fsp3) is 0.524. The first-order valence-corrected chi connectivity index (χ1v) is 10.8. The molecule has 1 aromatic heterocycles. The van der Waals surface area contributed by atoms with Crippen LogP contribution in [0.15, 0.2) is 29.4 Å². The van der Waals surface area contributed by atoms with Gasteiger partial charge in [0, 0.05) is 24.2 Å². The van der Waals surface area contributed by atoms with E-state index in [1.54, 1.807) is 4.90 Å². The van der Waals surface area contributed by atoms with Crippen molar-refractivity contribution in [3.8, 4) is 6.07 Å². The van der Waals surface area contributed by atoms with Gasteiger partial charge in [0.15, 0.2) is 5.16 Å². The van der Waals surface area contributed by atoms with Crippen LogP contribution in [0.2, 0.25) is 0 Å². The van der Waals surface area contributed by atoms with Crippen molar-refractivity contribution < 1.29 is 4.79 Å². The van der Waals surface area contributed by atoms with Crippen LogP contribution in [-0.2, 0) is 4.79 Å². The zero-order valence-electron chi connectivity index (χ0n) is 16.3. The van der Waals surface area contributed by atoms with Crippen molar-refractivity contribution in [3.63, 3.8) is 0 Å². The van der Waals surface area contributed by atoms with Crippen molar-refractivity contribution in [1.82, 2.24) is 14.8 Å². The van der Waals surface area contributed by atoms with E-state index in [1.807, 2.05) is 38.1 Å². The third-order valence-electron chi connectivity index (χ3n) is 5.23. The maximum Gasteiger partial charge on any atom is 0.240 e. The van der Waals surface area contributed by atoms with Crippen LogP contribution in [-0.4, -0.2) is 32.5 Å². The molecule has 1 atom stereocenters. The van der Waals surface area contributed by atoms with E-state index in [9.17, 15) is 4.79 Å². The molecule has 2 saturated carbocycles. The SMILES string of the molecule is Cc1ccc(N(CCC#N)C(=O)C(C)Sc2nnc(C3CC3)n2C2CC2)cc1. The van der Waals surface area contributed by atoms with Crippen LogP contribution >= 0.6 is 11.8 Å². The van der Waals surface area contributed by atoms with E-state index in [-0.39, 0.29) is 11.2 Å². The van der Waals surface area contributed by atoms with Gasteiger partial charge in [-0.05, 0) is 51.7 Å². The molecular formula is C21H25N5OS. The van der Waals surface area contributed by atoms with Crippen molar-refractivity contribution in [2.75, 3.05) is 11.4 Å². The fourth-order valence-corrected chi connectivity index (χ4v) is 4.33. The molecule has 0 N–H and O–H groups in total. The van der Waals surface area contributed by atoms with Gasteiger partial charge in [-0.1, -0.05) is 29.5 Å². The number of aryl methyl sites for hydroxylation is 1. The molecule has 2 aliphatic carbocycles. The number of carbonyl (C=O) groups is 1. The van der Waals surface area contributed by atoms with E-state index in [0.717, 1.165) is 22.2 Å². The Morgan fingerprint density at radius 3 is 2.61 bits per heavy atom. The summed E-state index contributed by atoms with van der Waals surface area (Å²) in [7, 11) is 0. The Bertz CT molecular complexity index is 893. The van der Waals surface area contributed by atoms with Gasteiger partial charge in [0.1, 0.15) is 5.82 Å². The molecule has 146 valence electrons.